The van der Waals surface area contributed by atoms with E-state index < -0.39 is 0 Å². The number of amides is 2. The molecule has 0 aliphatic carbocycles. The van der Waals surface area contributed by atoms with Crippen LogP contribution in [0.25, 0.3) is 0 Å². The SMILES string of the molecule is O=C1CC[C@H](C(=O)NC[C@@H]([C@@H]2CCOC2)N2CCOCC2)CN1. The second-order valence-corrected chi connectivity index (χ2v) is 6.62. The van der Waals surface area contributed by atoms with Crippen molar-refractivity contribution in [2.75, 3.05) is 52.6 Å². The minimum absolute atomic E-state index is 0.0448. The van der Waals surface area contributed by atoms with E-state index in [4.69, 9.17) is 9.47 Å². The van der Waals surface area contributed by atoms with Gasteiger partial charge < -0.3 is 20.1 Å². The molecule has 3 fully saturated rings. The molecule has 0 aromatic carbocycles. The van der Waals surface area contributed by atoms with Crippen molar-refractivity contribution in [3.8, 4) is 0 Å². The van der Waals surface area contributed by atoms with Gasteiger partial charge in [-0.3, -0.25) is 14.5 Å². The van der Waals surface area contributed by atoms with Gasteiger partial charge in [0.25, 0.3) is 0 Å². The average Bonchev–Trinajstić information content (AvgIpc) is 3.11. The lowest BCUT2D eigenvalue weighted by molar-refractivity contribution is -0.129. The normalized spacial score (nSPS) is 30.7. The number of hydrogen-bond donors (Lipinski definition) is 2. The van der Waals surface area contributed by atoms with Crippen LogP contribution in [0.5, 0.6) is 0 Å². The summed E-state index contributed by atoms with van der Waals surface area (Å²) in [6, 6.07) is 0.309. The average molecular weight is 325 g/mol. The molecule has 3 atom stereocenters. The van der Waals surface area contributed by atoms with Crippen LogP contribution in [0.2, 0.25) is 0 Å². The van der Waals surface area contributed by atoms with E-state index in [1.165, 1.54) is 0 Å². The molecule has 3 saturated heterocycles. The quantitative estimate of drug-likeness (QED) is 0.703. The van der Waals surface area contributed by atoms with Gasteiger partial charge in [0.2, 0.25) is 11.8 Å². The van der Waals surface area contributed by atoms with Gasteiger partial charge in [-0.2, -0.15) is 0 Å². The number of morpholine rings is 1. The van der Waals surface area contributed by atoms with E-state index >= 15 is 0 Å². The molecule has 2 N–H and O–H groups in total. The summed E-state index contributed by atoms with van der Waals surface area (Å²) >= 11 is 0. The highest BCUT2D eigenvalue weighted by atomic mass is 16.5. The van der Waals surface area contributed by atoms with Crippen molar-refractivity contribution in [1.82, 2.24) is 15.5 Å². The first-order valence-corrected chi connectivity index (χ1v) is 8.68. The van der Waals surface area contributed by atoms with E-state index in [-0.39, 0.29) is 17.7 Å². The molecule has 0 aromatic rings. The van der Waals surface area contributed by atoms with Crippen molar-refractivity contribution in [3.05, 3.63) is 0 Å². The van der Waals surface area contributed by atoms with Crippen LogP contribution in [0, 0.1) is 11.8 Å². The molecule has 0 unspecified atom stereocenters. The molecule has 3 aliphatic heterocycles. The molecular formula is C16H27N3O4. The third kappa shape index (κ3) is 4.43. The van der Waals surface area contributed by atoms with Gasteiger partial charge in [0.1, 0.15) is 0 Å². The van der Waals surface area contributed by atoms with Crippen LogP contribution >= 0.6 is 0 Å². The number of carbonyl (C=O) groups is 2. The van der Waals surface area contributed by atoms with Crippen LogP contribution in [0.1, 0.15) is 19.3 Å². The highest BCUT2D eigenvalue weighted by Gasteiger charge is 2.32. The molecule has 7 nitrogen and oxygen atoms in total. The van der Waals surface area contributed by atoms with Crippen molar-refractivity contribution in [2.45, 2.75) is 25.3 Å². The summed E-state index contributed by atoms with van der Waals surface area (Å²) < 4.78 is 11.0. The first-order valence-electron chi connectivity index (χ1n) is 8.68. The van der Waals surface area contributed by atoms with Gasteiger partial charge in [-0.1, -0.05) is 0 Å². The lowest BCUT2D eigenvalue weighted by atomic mass is 9.95. The van der Waals surface area contributed by atoms with Crippen LogP contribution in [0.15, 0.2) is 0 Å². The minimum atomic E-state index is -0.0992. The lowest BCUT2D eigenvalue weighted by Gasteiger charge is -2.37. The summed E-state index contributed by atoms with van der Waals surface area (Å²) in [4.78, 5) is 26.0. The zero-order valence-electron chi connectivity index (χ0n) is 13.6. The molecule has 0 saturated carbocycles. The topological polar surface area (TPSA) is 79.9 Å². The first kappa shape index (κ1) is 16.7. The summed E-state index contributed by atoms with van der Waals surface area (Å²) in [6.07, 6.45) is 2.14. The summed E-state index contributed by atoms with van der Waals surface area (Å²) in [5.74, 6) is 0.475. The molecular weight excluding hydrogens is 298 g/mol. The Labute approximate surface area is 137 Å². The van der Waals surface area contributed by atoms with E-state index in [2.05, 4.69) is 15.5 Å². The Hall–Kier alpha value is -1.18. The number of ether oxygens (including phenoxy) is 2. The van der Waals surface area contributed by atoms with Crippen LogP contribution in [-0.4, -0.2) is 75.4 Å². The maximum absolute atomic E-state index is 12.4. The number of nitrogens with one attached hydrogen (secondary N) is 2. The van der Waals surface area contributed by atoms with Crippen LogP contribution in [-0.2, 0) is 19.1 Å². The molecule has 7 heteroatoms. The minimum Gasteiger partial charge on any atom is -0.381 e. The van der Waals surface area contributed by atoms with Crippen molar-refractivity contribution in [1.29, 1.82) is 0 Å². The largest absolute Gasteiger partial charge is 0.381 e. The van der Waals surface area contributed by atoms with E-state index in [1.807, 2.05) is 0 Å². The van der Waals surface area contributed by atoms with Gasteiger partial charge in [0.15, 0.2) is 0 Å². The summed E-state index contributed by atoms with van der Waals surface area (Å²) in [6.45, 7) is 6.04. The Balaban J connectivity index is 1.52. The van der Waals surface area contributed by atoms with Crippen molar-refractivity contribution in [3.63, 3.8) is 0 Å². The van der Waals surface area contributed by atoms with Gasteiger partial charge in [-0.05, 0) is 12.8 Å². The van der Waals surface area contributed by atoms with Gasteiger partial charge >= 0.3 is 0 Å². The maximum atomic E-state index is 12.4. The predicted octanol–water partition coefficient (Wildman–Crippen LogP) is -0.634. The van der Waals surface area contributed by atoms with Gasteiger partial charge in [0.05, 0.1) is 25.7 Å². The van der Waals surface area contributed by atoms with Crippen molar-refractivity contribution >= 4 is 11.8 Å². The maximum Gasteiger partial charge on any atom is 0.224 e. The smallest absolute Gasteiger partial charge is 0.224 e. The Kier molecular flexibility index (Phi) is 5.85. The lowest BCUT2D eigenvalue weighted by Crippen LogP contribution is -2.53. The number of carbonyl (C=O) groups excluding carboxylic acids is 2. The van der Waals surface area contributed by atoms with Crippen molar-refractivity contribution < 1.29 is 19.1 Å². The Bertz CT molecular complexity index is 410. The third-order valence-electron chi connectivity index (χ3n) is 5.15. The number of nitrogens with zero attached hydrogens (tertiary/aromatic N) is 1. The zero-order chi connectivity index (χ0) is 16.1. The van der Waals surface area contributed by atoms with Crippen LogP contribution in [0.4, 0.5) is 0 Å². The number of rotatable bonds is 5. The van der Waals surface area contributed by atoms with E-state index in [0.29, 0.717) is 37.9 Å². The molecule has 3 rings (SSSR count). The number of piperidine rings is 1. The second-order valence-electron chi connectivity index (χ2n) is 6.62. The standard InChI is InChI=1S/C16H27N3O4/c20-15-2-1-12(9-17-15)16(21)18-10-14(13-3-6-23-11-13)19-4-7-22-8-5-19/h12-14H,1-11H2,(H,17,20)(H,18,21)/t12-,13+,14-/m0/s1. The Morgan fingerprint density at radius 1 is 1.26 bits per heavy atom. The molecule has 130 valence electrons. The molecule has 0 spiro atoms. The summed E-state index contributed by atoms with van der Waals surface area (Å²) in [7, 11) is 0. The molecule has 2 amide bonds. The van der Waals surface area contributed by atoms with Crippen LogP contribution < -0.4 is 10.6 Å². The fourth-order valence-electron chi connectivity index (χ4n) is 3.67. The summed E-state index contributed by atoms with van der Waals surface area (Å²) in [5.41, 5.74) is 0. The molecule has 3 aliphatic rings. The Morgan fingerprint density at radius 3 is 2.74 bits per heavy atom. The van der Waals surface area contributed by atoms with Crippen molar-refractivity contribution in [2.24, 2.45) is 11.8 Å². The van der Waals surface area contributed by atoms with Gasteiger partial charge in [-0.15, -0.1) is 0 Å². The number of hydrogen-bond acceptors (Lipinski definition) is 5. The Morgan fingerprint density at radius 2 is 2.09 bits per heavy atom. The van der Waals surface area contributed by atoms with Gasteiger partial charge in [0, 0.05) is 51.2 Å². The first-order chi connectivity index (χ1) is 11.2. The summed E-state index contributed by atoms with van der Waals surface area (Å²) in [5, 5.41) is 5.89. The second kappa shape index (κ2) is 8.08. The molecule has 23 heavy (non-hydrogen) atoms. The van der Waals surface area contributed by atoms with Gasteiger partial charge in [-0.25, -0.2) is 0 Å². The van der Waals surface area contributed by atoms with E-state index in [0.717, 1.165) is 45.9 Å². The molecule has 0 bridgehead atoms. The highest BCUT2D eigenvalue weighted by Crippen LogP contribution is 2.22. The van der Waals surface area contributed by atoms with E-state index in [9.17, 15) is 9.59 Å². The molecule has 3 heterocycles. The van der Waals surface area contributed by atoms with E-state index in [1.54, 1.807) is 0 Å². The predicted molar refractivity (Wildman–Crippen MR) is 83.8 cm³/mol. The fourth-order valence-corrected chi connectivity index (χ4v) is 3.67. The zero-order valence-corrected chi connectivity index (χ0v) is 13.6. The third-order valence-corrected chi connectivity index (χ3v) is 5.15. The molecule has 0 radical (unpaired) electrons. The fraction of sp³-hybridized carbons (Fsp3) is 0.875. The highest BCUT2D eigenvalue weighted by molar-refractivity contribution is 5.83. The molecule has 0 aromatic heterocycles. The monoisotopic (exact) mass is 325 g/mol. The van der Waals surface area contributed by atoms with Crippen LogP contribution in [0.3, 0.4) is 0 Å².